The molecular formula is C18H19FN2O2S2. The van der Waals surface area contributed by atoms with Crippen LogP contribution in [0.4, 0.5) is 4.39 Å². The summed E-state index contributed by atoms with van der Waals surface area (Å²) in [6.45, 7) is 2.91. The number of H-pyrrole nitrogens is 1. The van der Waals surface area contributed by atoms with Crippen molar-refractivity contribution in [2.45, 2.75) is 29.9 Å². The summed E-state index contributed by atoms with van der Waals surface area (Å²) in [5.74, 6) is -0.168. The Hall–Kier alpha value is -1.70. The highest BCUT2D eigenvalue weighted by atomic mass is 32.2. The molecule has 0 spiro atoms. The van der Waals surface area contributed by atoms with Crippen LogP contribution in [0, 0.1) is 12.7 Å². The van der Waals surface area contributed by atoms with Gasteiger partial charge in [-0.3, -0.25) is 0 Å². The number of piperidine rings is 1. The average Bonchev–Trinajstić information content (AvgIpc) is 3.21. The van der Waals surface area contributed by atoms with E-state index < -0.39 is 10.0 Å². The summed E-state index contributed by atoms with van der Waals surface area (Å²) in [5.41, 5.74) is 1.85. The number of thiophene rings is 1. The number of nitrogens with one attached hydrogen (secondary N) is 1. The topological polar surface area (TPSA) is 53.2 Å². The van der Waals surface area contributed by atoms with Gasteiger partial charge in [-0.2, -0.15) is 4.31 Å². The number of fused-ring (bicyclic) bond motifs is 1. The van der Waals surface area contributed by atoms with E-state index in [2.05, 4.69) is 4.98 Å². The van der Waals surface area contributed by atoms with Crippen LogP contribution in [0.25, 0.3) is 10.9 Å². The molecule has 3 heterocycles. The van der Waals surface area contributed by atoms with Crippen molar-refractivity contribution in [2.24, 2.45) is 0 Å². The molecule has 2 aromatic heterocycles. The smallest absolute Gasteiger partial charge is 0.252 e. The molecule has 1 unspecified atom stereocenters. The van der Waals surface area contributed by atoms with Crippen molar-refractivity contribution in [3.8, 4) is 0 Å². The average molecular weight is 378 g/mol. The van der Waals surface area contributed by atoms with Gasteiger partial charge in [-0.25, -0.2) is 12.8 Å². The third-order valence-corrected chi connectivity index (χ3v) is 8.07. The molecule has 0 bridgehead atoms. The summed E-state index contributed by atoms with van der Waals surface area (Å²) in [6, 6.07) is 10.1. The minimum absolute atomic E-state index is 0.0973. The van der Waals surface area contributed by atoms with E-state index in [9.17, 15) is 12.8 Å². The molecule has 1 aromatic carbocycles. The Morgan fingerprint density at radius 2 is 2.08 bits per heavy atom. The van der Waals surface area contributed by atoms with Crippen LogP contribution in [0.2, 0.25) is 0 Å². The molecule has 1 fully saturated rings. The standard InChI is InChI=1S/C18H19FN2O2S2/c1-12-4-7-18(24-12)25(22,23)21-8-2-3-13(11-21)17-10-14-9-15(19)5-6-16(14)20-17/h4-7,9-10,13,20H,2-3,8,11H2,1H3. The lowest BCUT2D eigenvalue weighted by molar-refractivity contribution is 0.314. The maximum atomic E-state index is 13.4. The quantitative estimate of drug-likeness (QED) is 0.741. The minimum Gasteiger partial charge on any atom is -0.358 e. The Morgan fingerprint density at radius 3 is 2.84 bits per heavy atom. The lowest BCUT2D eigenvalue weighted by Crippen LogP contribution is -2.38. The number of halogens is 1. The highest BCUT2D eigenvalue weighted by molar-refractivity contribution is 7.91. The molecule has 1 saturated heterocycles. The van der Waals surface area contributed by atoms with Crippen LogP contribution in [-0.4, -0.2) is 30.8 Å². The van der Waals surface area contributed by atoms with Gasteiger partial charge in [0.1, 0.15) is 10.0 Å². The first kappa shape index (κ1) is 16.8. The number of aryl methyl sites for hydroxylation is 1. The van der Waals surface area contributed by atoms with Crippen molar-refractivity contribution < 1.29 is 12.8 Å². The fourth-order valence-electron chi connectivity index (χ4n) is 3.44. The van der Waals surface area contributed by atoms with E-state index in [-0.39, 0.29) is 11.7 Å². The number of aromatic nitrogens is 1. The van der Waals surface area contributed by atoms with Gasteiger partial charge in [0.2, 0.25) is 0 Å². The molecule has 25 heavy (non-hydrogen) atoms. The Bertz CT molecular complexity index is 1020. The highest BCUT2D eigenvalue weighted by Gasteiger charge is 2.32. The van der Waals surface area contributed by atoms with Crippen LogP contribution in [0.15, 0.2) is 40.6 Å². The van der Waals surface area contributed by atoms with Crippen molar-refractivity contribution in [2.75, 3.05) is 13.1 Å². The van der Waals surface area contributed by atoms with Crippen LogP contribution >= 0.6 is 11.3 Å². The van der Waals surface area contributed by atoms with Crippen LogP contribution in [0.3, 0.4) is 0 Å². The molecule has 0 radical (unpaired) electrons. The normalized spacial score (nSPS) is 19.5. The van der Waals surface area contributed by atoms with Crippen molar-refractivity contribution >= 4 is 32.3 Å². The van der Waals surface area contributed by atoms with Gasteiger partial charge in [0.25, 0.3) is 10.0 Å². The summed E-state index contributed by atoms with van der Waals surface area (Å²) >= 11 is 1.31. The first-order valence-electron chi connectivity index (χ1n) is 8.28. The zero-order valence-corrected chi connectivity index (χ0v) is 15.5. The van der Waals surface area contributed by atoms with Gasteiger partial charge in [0.05, 0.1) is 0 Å². The van der Waals surface area contributed by atoms with Crippen LogP contribution < -0.4 is 0 Å². The molecule has 0 saturated carbocycles. The Morgan fingerprint density at radius 1 is 1.24 bits per heavy atom. The number of sulfonamides is 1. The van der Waals surface area contributed by atoms with Crippen molar-refractivity contribution in [1.82, 2.24) is 9.29 Å². The second-order valence-electron chi connectivity index (χ2n) is 6.52. The van der Waals surface area contributed by atoms with E-state index in [0.29, 0.717) is 17.3 Å². The van der Waals surface area contributed by atoms with Crippen molar-refractivity contribution in [1.29, 1.82) is 0 Å². The van der Waals surface area contributed by atoms with Gasteiger partial charge < -0.3 is 4.98 Å². The first-order valence-corrected chi connectivity index (χ1v) is 10.5. The van der Waals surface area contributed by atoms with Crippen molar-refractivity contribution in [3.63, 3.8) is 0 Å². The molecule has 3 aromatic rings. The molecule has 1 aliphatic heterocycles. The monoisotopic (exact) mass is 378 g/mol. The highest BCUT2D eigenvalue weighted by Crippen LogP contribution is 2.33. The van der Waals surface area contributed by atoms with E-state index in [1.54, 1.807) is 16.4 Å². The van der Waals surface area contributed by atoms with Gasteiger partial charge in [-0.1, -0.05) is 0 Å². The predicted octanol–water partition coefficient (Wildman–Crippen LogP) is 4.25. The summed E-state index contributed by atoms with van der Waals surface area (Å²) in [5, 5.41) is 0.823. The number of benzene rings is 1. The van der Waals surface area contributed by atoms with Gasteiger partial charge in [0, 0.05) is 40.5 Å². The number of aromatic amines is 1. The van der Waals surface area contributed by atoms with E-state index in [0.717, 1.165) is 34.3 Å². The maximum absolute atomic E-state index is 13.4. The van der Waals surface area contributed by atoms with Crippen LogP contribution in [-0.2, 0) is 10.0 Å². The number of hydrogen-bond acceptors (Lipinski definition) is 3. The van der Waals surface area contributed by atoms with Crippen LogP contribution in [0.1, 0.15) is 29.3 Å². The minimum atomic E-state index is -3.44. The number of nitrogens with zero attached hydrogens (tertiary/aromatic N) is 1. The molecule has 132 valence electrons. The molecule has 4 rings (SSSR count). The Kier molecular flexibility index (Phi) is 4.17. The van der Waals surface area contributed by atoms with Gasteiger partial charge in [-0.05, 0) is 56.2 Å². The molecule has 4 nitrogen and oxygen atoms in total. The Labute approximate surface area is 150 Å². The summed E-state index contributed by atoms with van der Waals surface area (Å²) < 4.78 is 41.1. The largest absolute Gasteiger partial charge is 0.358 e. The predicted molar refractivity (Wildman–Crippen MR) is 98.0 cm³/mol. The van der Waals surface area contributed by atoms with Crippen LogP contribution in [0.5, 0.6) is 0 Å². The van der Waals surface area contributed by atoms with E-state index >= 15 is 0 Å². The zero-order chi connectivity index (χ0) is 17.6. The molecule has 0 amide bonds. The lowest BCUT2D eigenvalue weighted by Gasteiger charge is -2.31. The lowest BCUT2D eigenvalue weighted by atomic mass is 9.96. The molecule has 0 aliphatic carbocycles. The van der Waals surface area contributed by atoms with Gasteiger partial charge in [0.15, 0.2) is 0 Å². The first-order chi connectivity index (χ1) is 11.9. The zero-order valence-electron chi connectivity index (χ0n) is 13.8. The molecule has 7 heteroatoms. The fraction of sp³-hybridized carbons (Fsp3) is 0.333. The molecular weight excluding hydrogens is 359 g/mol. The van der Waals surface area contributed by atoms with Crippen molar-refractivity contribution in [3.05, 3.63) is 52.8 Å². The molecule has 1 N–H and O–H groups in total. The SMILES string of the molecule is Cc1ccc(S(=O)(=O)N2CCCC(c3cc4cc(F)ccc4[nH]3)C2)s1. The number of hydrogen-bond donors (Lipinski definition) is 1. The summed E-state index contributed by atoms with van der Waals surface area (Å²) in [4.78, 5) is 4.31. The third kappa shape index (κ3) is 3.12. The fourth-order valence-corrected chi connectivity index (χ4v) is 6.40. The number of rotatable bonds is 3. The summed E-state index contributed by atoms with van der Waals surface area (Å²) in [7, 11) is -3.44. The Balaban J connectivity index is 1.61. The third-order valence-electron chi connectivity index (χ3n) is 4.74. The molecule has 1 aliphatic rings. The van der Waals surface area contributed by atoms with E-state index in [1.807, 2.05) is 19.1 Å². The maximum Gasteiger partial charge on any atom is 0.252 e. The molecule has 1 atom stereocenters. The van der Waals surface area contributed by atoms with E-state index in [1.165, 1.54) is 23.5 Å². The summed E-state index contributed by atoms with van der Waals surface area (Å²) in [6.07, 6.45) is 1.74. The second-order valence-corrected chi connectivity index (χ2v) is 9.98. The van der Waals surface area contributed by atoms with E-state index in [4.69, 9.17) is 0 Å². The second kappa shape index (κ2) is 6.23. The van der Waals surface area contributed by atoms with Gasteiger partial charge >= 0.3 is 0 Å². The van der Waals surface area contributed by atoms with Gasteiger partial charge in [-0.15, -0.1) is 11.3 Å².